The molecule has 5 nitrogen and oxygen atoms in total. The molecule has 0 amide bonds. The fourth-order valence-electron chi connectivity index (χ4n) is 2.02. The fourth-order valence-corrected chi connectivity index (χ4v) is 2.02. The Balaban J connectivity index is 1.72. The molecule has 0 N–H and O–H groups in total. The van der Waals surface area contributed by atoms with Gasteiger partial charge in [-0.15, -0.1) is 5.10 Å². The lowest BCUT2D eigenvalue weighted by atomic mass is 10.1. The summed E-state index contributed by atoms with van der Waals surface area (Å²) >= 11 is 0. The first-order valence-corrected chi connectivity index (χ1v) is 5.37. The van der Waals surface area contributed by atoms with Crippen molar-refractivity contribution in [2.75, 3.05) is 18.0 Å². The Hall–Kier alpha value is -1.91. The van der Waals surface area contributed by atoms with Crippen LogP contribution in [0.2, 0.25) is 0 Å². The molecule has 5 heteroatoms. The zero-order chi connectivity index (χ0) is 11.0. The second-order valence-corrected chi connectivity index (χ2v) is 4.09. The molecule has 1 saturated heterocycles. The molecule has 16 heavy (non-hydrogen) atoms. The van der Waals surface area contributed by atoms with E-state index in [0.29, 0.717) is 6.04 Å². The molecule has 0 spiro atoms. The van der Waals surface area contributed by atoms with Gasteiger partial charge in [-0.2, -0.15) is 0 Å². The number of rotatable bonds is 2. The number of aromatic nitrogens is 4. The van der Waals surface area contributed by atoms with E-state index in [9.17, 15) is 0 Å². The molecule has 1 aliphatic heterocycles. The molecule has 0 aromatic carbocycles. The first-order valence-electron chi connectivity index (χ1n) is 5.37. The van der Waals surface area contributed by atoms with Gasteiger partial charge in [0.05, 0.1) is 12.2 Å². The molecule has 1 fully saturated rings. The van der Waals surface area contributed by atoms with Crippen LogP contribution in [0.3, 0.4) is 0 Å². The Kier molecular flexibility index (Phi) is 2.09. The van der Waals surface area contributed by atoms with Crippen LogP contribution < -0.4 is 4.90 Å². The lowest BCUT2D eigenvalue weighted by Gasteiger charge is -2.40. The molecule has 0 aliphatic carbocycles. The number of pyridine rings is 1. The molecule has 3 heterocycles. The van der Waals surface area contributed by atoms with Crippen LogP contribution >= 0.6 is 0 Å². The second-order valence-electron chi connectivity index (χ2n) is 4.09. The van der Waals surface area contributed by atoms with E-state index in [1.807, 2.05) is 23.1 Å². The maximum atomic E-state index is 4.40. The summed E-state index contributed by atoms with van der Waals surface area (Å²) in [6, 6.07) is 4.49. The Morgan fingerprint density at radius 2 is 2.19 bits per heavy atom. The van der Waals surface area contributed by atoms with Crippen molar-refractivity contribution in [3.8, 4) is 0 Å². The van der Waals surface area contributed by atoms with Gasteiger partial charge in [-0.25, -0.2) is 9.67 Å². The Bertz CT molecular complexity index is 473. The third-order valence-corrected chi connectivity index (χ3v) is 2.96. The highest BCUT2D eigenvalue weighted by molar-refractivity contribution is 5.48. The summed E-state index contributed by atoms with van der Waals surface area (Å²) < 4.78 is 1.91. The van der Waals surface area contributed by atoms with Crippen LogP contribution in [0.15, 0.2) is 30.7 Å². The predicted molar refractivity (Wildman–Crippen MR) is 60.2 cm³/mol. The lowest BCUT2D eigenvalue weighted by Crippen LogP contribution is -2.48. The van der Waals surface area contributed by atoms with Crippen LogP contribution in [0.25, 0.3) is 0 Å². The van der Waals surface area contributed by atoms with Gasteiger partial charge in [0, 0.05) is 25.5 Å². The largest absolute Gasteiger partial charge is 0.352 e. The number of hydrogen-bond acceptors (Lipinski definition) is 4. The van der Waals surface area contributed by atoms with Crippen molar-refractivity contribution in [3.63, 3.8) is 0 Å². The maximum Gasteiger partial charge on any atom is 0.131 e. The minimum atomic E-state index is 0.434. The summed E-state index contributed by atoms with van der Waals surface area (Å²) in [7, 11) is 0. The quantitative estimate of drug-likeness (QED) is 0.751. The number of nitrogens with zero attached hydrogens (tertiary/aromatic N) is 5. The molecule has 0 unspecified atom stereocenters. The molecule has 0 radical (unpaired) electrons. The molecule has 0 bridgehead atoms. The third-order valence-electron chi connectivity index (χ3n) is 2.96. The van der Waals surface area contributed by atoms with E-state index in [4.69, 9.17) is 0 Å². The molecule has 3 rings (SSSR count). The highest BCUT2D eigenvalue weighted by atomic mass is 15.5. The molecule has 1 aliphatic rings. The van der Waals surface area contributed by atoms with Gasteiger partial charge in [0.25, 0.3) is 0 Å². The van der Waals surface area contributed by atoms with Crippen molar-refractivity contribution >= 4 is 5.82 Å². The van der Waals surface area contributed by atoms with E-state index < -0.39 is 0 Å². The first-order chi connectivity index (χ1) is 7.84. The number of aryl methyl sites for hydroxylation is 1. The first kappa shape index (κ1) is 9.33. The van der Waals surface area contributed by atoms with Crippen LogP contribution in [0.1, 0.15) is 11.6 Å². The molecule has 82 valence electrons. The lowest BCUT2D eigenvalue weighted by molar-refractivity contribution is 0.358. The van der Waals surface area contributed by atoms with E-state index in [-0.39, 0.29) is 0 Å². The predicted octanol–water partition coefficient (Wildman–Crippen LogP) is 1.04. The highest BCUT2D eigenvalue weighted by Crippen LogP contribution is 2.27. The summed E-state index contributed by atoms with van der Waals surface area (Å²) in [5, 5.41) is 7.83. The van der Waals surface area contributed by atoms with Crippen molar-refractivity contribution < 1.29 is 0 Å². The molecule has 0 saturated carbocycles. The van der Waals surface area contributed by atoms with E-state index >= 15 is 0 Å². The monoisotopic (exact) mass is 215 g/mol. The molecule has 0 atom stereocenters. The normalized spacial score (nSPS) is 16.2. The van der Waals surface area contributed by atoms with Crippen LogP contribution in [0, 0.1) is 6.92 Å². The summed E-state index contributed by atoms with van der Waals surface area (Å²) in [6.45, 7) is 4.01. The van der Waals surface area contributed by atoms with E-state index in [0.717, 1.165) is 18.9 Å². The van der Waals surface area contributed by atoms with Gasteiger partial charge in [0.15, 0.2) is 0 Å². The van der Waals surface area contributed by atoms with Gasteiger partial charge in [-0.05, 0) is 18.6 Å². The summed E-state index contributed by atoms with van der Waals surface area (Å²) in [6.07, 6.45) is 5.47. The fraction of sp³-hybridized carbons (Fsp3) is 0.364. The van der Waals surface area contributed by atoms with Crippen LogP contribution in [-0.2, 0) is 0 Å². The van der Waals surface area contributed by atoms with E-state index in [1.165, 1.54) is 5.56 Å². The number of anilines is 1. The Morgan fingerprint density at radius 1 is 1.31 bits per heavy atom. The number of hydrogen-bond donors (Lipinski definition) is 0. The minimum absolute atomic E-state index is 0.434. The van der Waals surface area contributed by atoms with Gasteiger partial charge in [0.1, 0.15) is 5.82 Å². The van der Waals surface area contributed by atoms with E-state index in [1.54, 1.807) is 6.20 Å². The van der Waals surface area contributed by atoms with Gasteiger partial charge >= 0.3 is 0 Å². The zero-order valence-corrected chi connectivity index (χ0v) is 9.11. The van der Waals surface area contributed by atoms with Crippen molar-refractivity contribution in [3.05, 3.63) is 36.3 Å². The Morgan fingerprint density at radius 3 is 2.88 bits per heavy atom. The Labute approximate surface area is 93.7 Å². The summed E-state index contributed by atoms with van der Waals surface area (Å²) in [5.41, 5.74) is 1.22. The summed E-state index contributed by atoms with van der Waals surface area (Å²) in [5.74, 6) is 1.08. The second kappa shape index (κ2) is 3.59. The van der Waals surface area contributed by atoms with E-state index in [2.05, 4.69) is 33.2 Å². The van der Waals surface area contributed by atoms with Crippen LogP contribution in [0.4, 0.5) is 5.82 Å². The van der Waals surface area contributed by atoms with Crippen molar-refractivity contribution in [2.45, 2.75) is 13.0 Å². The van der Waals surface area contributed by atoms with Gasteiger partial charge in [0.2, 0.25) is 0 Å². The highest BCUT2D eigenvalue weighted by Gasteiger charge is 2.30. The van der Waals surface area contributed by atoms with Crippen LogP contribution in [0.5, 0.6) is 0 Å². The topological polar surface area (TPSA) is 46.8 Å². The van der Waals surface area contributed by atoms with Crippen LogP contribution in [-0.4, -0.2) is 33.1 Å². The minimum Gasteiger partial charge on any atom is -0.352 e. The average molecular weight is 215 g/mol. The molecule has 2 aromatic heterocycles. The average Bonchev–Trinajstić information content (AvgIpc) is 2.72. The standard InChI is InChI=1S/C11H13N5/c1-9-3-2-4-12-11(9)15-7-10(8-15)16-6-5-13-14-16/h2-6,10H,7-8H2,1H3. The molecular formula is C11H13N5. The van der Waals surface area contributed by atoms with Crippen molar-refractivity contribution in [1.82, 2.24) is 20.0 Å². The zero-order valence-electron chi connectivity index (χ0n) is 9.11. The van der Waals surface area contributed by atoms with Crippen molar-refractivity contribution in [2.24, 2.45) is 0 Å². The molecular weight excluding hydrogens is 202 g/mol. The summed E-state index contributed by atoms with van der Waals surface area (Å²) in [4.78, 5) is 6.66. The molecule has 2 aromatic rings. The van der Waals surface area contributed by atoms with Crippen molar-refractivity contribution in [1.29, 1.82) is 0 Å². The van der Waals surface area contributed by atoms with Gasteiger partial charge in [-0.1, -0.05) is 11.3 Å². The van der Waals surface area contributed by atoms with Gasteiger partial charge in [-0.3, -0.25) is 0 Å². The SMILES string of the molecule is Cc1cccnc1N1CC(n2ccnn2)C1. The smallest absolute Gasteiger partial charge is 0.131 e. The third kappa shape index (κ3) is 1.44. The van der Waals surface area contributed by atoms with Gasteiger partial charge < -0.3 is 4.90 Å². The maximum absolute atomic E-state index is 4.40.